The number of halogens is 3. The number of hydrogen-bond donors (Lipinski definition) is 2. The van der Waals surface area contributed by atoms with Crippen molar-refractivity contribution in [1.82, 2.24) is 14.7 Å². The van der Waals surface area contributed by atoms with Crippen LogP contribution in [0.25, 0.3) is 10.9 Å². The van der Waals surface area contributed by atoms with E-state index in [2.05, 4.69) is 20.0 Å². The van der Waals surface area contributed by atoms with Crippen molar-refractivity contribution in [2.45, 2.75) is 24.1 Å². The van der Waals surface area contributed by atoms with Crippen molar-refractivity contribution < 1.29 is 27.4 Å². The summed E-state index contributed by atoms with van der Waals surface area (Å²) in [6, 6.07) is 8.19. The monoisotopic (exact) mass is 454 g/mol. The van der Waals surface area contributed by atoms with E-state index in [1.807, 2.05) is 0 Å². The van der Waals surface area contributed by atoms with Gasteiger partial charge in [0.1, 0.15) is 29.4 Å². The number of fused-ring (bicyclic) bond motifs is 1. The SMILES string of the molecule is CNSc1ccc(OC(C)C(F)(F)F)c(Nc2ncnc3cc(OC)cc(OC)c23)c1. The lowest BCUT2D eigenvalue weighted by molar-refractivity contribution is -0.189. The third-order valence-corrected chi connectivity index (χ3v) is 5.01. The molecule has 0 saturated heterocycles. The summed E-state index contributed by atoms with van der Waals surface area (Å²) in [5.41, 5.74) is 0.856. The molecule has 1 unspecified atom stereocenters. The Morgan fingerprint density at radius 2 is 1.81 bits per heavy atom. The molecule has 0 amide bonds. The number of rotatable bonds is 8. The van der Waals surface area contributed by atoms with Crippen molar-refractivity contribution in [3.63, 3.8) is 0 Å². The maximum atomic E-state index is 13.1. The second kappa shape index (κ2) is 9.48. The first kappa shape index (κ1) is 22.8. The van der Waals surface area contributed by atoms with Crippen LogP contribution in [0, 0.1) is 0 Å². The molecule has 1 aromatic heterocycles. The Bertz CT molecular complexity index is 1070. The van der Waals surface area contributed by atoms with Gasteiger partial charge in [0.25, 0.3) is 0 Å². The van der Waals surface area contributed by atoms with Gasteiger partial charge in [0.05, 0.1) is 30.8 Å². The minimum absolute atomic E-state index is 0.0320. The molecule has 0 saturated carbocycles. The Kier molecular flexibility index (Phi) is 6.96. The van der Waals surface area contributed by atoms with Gasteiger partial charge in [0.15, 0.2) is 6.10 Å². The fraction of sp³-hybridized carbons (Fsp3) is 0.300. The first-order chi connectivity index (χ1) is 14.8. The fourth-order valence-electron chi connectivity index (χ4n) is 2.78. The van der Waals surface area contributed by atoms with E-state index in [1.165, 1.54) is 38.6 Å². The molecule has 0 fully saturated rings. The van der Waals surface area contributed by atoms with E-state index < -0.39 is 12.3 Å². The van der Waals surface area contributed by atoms with Crippen LogP contribution in [0.1, 0.15) is 6.92 Å². The molecular formula is C20H21F3N4O3S. The highest BCUT2D eigenvalue weighted by Crippen LogP contribution is 2.38. The molecule has 2 N–H and O–H groups in total. The van der Waals surface area contributed by atoms with Crippen molar-refractivity contribution in [2.24, 2.45) is 0 Å². The van der Waals surface area contributed by atoms with Crippen LogP contribution in [0.15, 0.2) is 41.6 Å². The summed E-state index contributed by atoms with van der Waals surface area (Å²) in [5.74, 6) is 1.37. The summed E-state index contributed by atoms with van der Waals surface area (Å²) in [7, 11) is 4.76. The van der Waals surface area contributed by atoms with Crippen LogP contribution in [0.3, 0.4) is 0 Å². The van der Waals surface area contributed by atoms with Crippen molar-refractivity contribution in [1.29, 1.82) is 0 Å². The first-order valence-corrected chi connectivity index (χ1v) is 9.93. The number of methoxy groups -OCH3 is 2. The number of ether oxygens (including phenoxy) is 3. The second-order valence-electron chi connectivity index (χ2n) is 6.34. The largest absolute Gasteiger partial charge is 0.497 e. The molecular weight excluding hydrogens is 433 g/mol. The lowest BCUT2D eigenvalue weighted by atomic mass is 10.2. The number of benzene rings is 2. The number of nitrogens with zero attached hydrogens (tertiary/aromatic N) is 2. The summed E-state index contributed by atoms with van der Waals surface area (Å²) < 4.78 is 58.0. The number of alkyl halides is 3. The molecule has 0 spiro atoms. The highest BCUT2D eigenvalue weighted by atomic mass is 32.2. The van der Waals surface area contributed by atoms with Crippen LogP contribution in [0.5, 0.6) is 17.2 Å². The average Bonchev–Trinajstić information content (AvgIpc) is 2.74. The molecule has 0 aliphatic carbocycles. The zero-order valence-electron chi connectivity index (χ0n) is 17.2. The molecule has 1 atom stereocenters. The molecule has 0 radical (unpaired) electrons. The fourth-order valence-corrected chi connectivity index (χ4v) is 3.33. The number of anilines is 2. The predicted octanol–water partition coefficient (Wildman–Crippen LogP) is 4.95. The van der Waals surface area contributed by atoms with E-state index in [4.69, 9.17) is 14.2 Å². The van der Waals surface area contributed by atoms with E-state index >= 15 is 0 Å². The molecule has 2 aromatic carbocycles. The van der Waals surface area contributed by atoms with E-state index in [1.54, 1.807) is 31.3 Å². The minimum atomic E-state index is -4.50. The van der Waals surface area contributed by atoms with Crippen molar-refractivity contribution in [2.75, 3.05) is 26.6 Å². The number of nitrogens with one attached hydrogen (secondary N) is 2. The zero-order valence-corrected chi connectivity index (χ0v) is 18.0. The van der Waals surface area contributed by atoms with Crippen LogP contribution in [-0.2, 0) is 0 Å². The highest BCUT2D eigenvalue weighted by molar-refractivity contribution is 7.97. The molecule has 166 valence electrons. The number of hydrogen-bond acceptors (Lipinski definition) is 8. The molecule has 3 rings (SSSR count). The summed E-state index contributed by atoms with van der Waals surface area (Å²) in [4.78, 5) is 9.28. The van der Waals surface area contributed by atoms with Crippen molar-refractivity contribution in [3.05, 3.63) is 36.7 Å². The maximum absolute atomic E-state index is 13.1. The van der Waals surface area contributed by atoms with Crippen molar-refractivity contribution in [3.8, 4) is 17.2 Å². The van der Waals surface area contributed by atoms with Gasteiger partial charge in [-0.25, -0.2) is 9.97 Å². The normalized spacial score (nSPS) is 12.5. The molecule has 0 aliphatic rings. The van der Waals surface area contributed by atoms with Gasteiger partial charge in [-0.3, -0.25) is 4.72 Å². The third kappa shape index (κ3) is 5.23. The van der Waals surface area contributed by atoms with E-state index in [-0.39, 0.29) is 5.75 Å². The van der Waals surface area contributed by atoms with E-state index in [9.17, 15) is 13.2 Å². The molecule has 0 bridgehead atoms. The zero-order chi connectivity index (χ0) is 22.6. The molecule has 7 nitrogen and oxygen atoms in total. The van der Waals surface area contributed by atoms with Gasteiger partial charge in [-0.15, -0.1) is 0 Å². The summed E-state index contributed by atoms with van der Waals surface area (Å²) in [5, 5.41) is 3.63. The molecule has 31 heavy (non-hydrogen) atoms. The van der Waals surface area contributed by atoms with Gasteiger partial charge >= 0.3 is 6.18 Å². The Hall–Kier alpha value is -2.92. The Labute approximate surface area is 181 Å². The quantitative estimate of drug-likeness (QED) is 0.463. The lowest BCUT2D eigenvalue weighted by Crippen LogP contribution is -2.31. The Morgan fingerprint density at radius 1 is 1.03 bits per heavy atom. The standard InChI is InChI=1S/C20H21F3N4O3S/c1-11(20(21,22)23)30-16-6-5-13(31-24-2)9-14(16)27-19-18-15(25-10-26-19)7-12(28-3)8-17(18)29-4/h5-11,24H,1-4H3,(H,25,26,27). The van der Waals surface area contributed by atoms with Gasteiger partial charge in [0, 0.05) is 17.0 Å². The van der Waals surface area contributed by atoms with Gasteiger partial charge in [-0.2, -0.15) is 13.2 Å². The number of aromatic nitrogens is 2. The molecule has 11 heteroatoms. The van der Waals surface area contributed by atoms with Gasteiger partial charge in [-0.1, -0.05) is 0 Å². The van der Waals surface area contributed by atoms with E-state index in [0.717, 1.165) is 11.8 Å². The van der Waals surface area contributed by atoms with Crippen LogP contribution in [0.2, 0.25) is 0 Å². The highest BCUT2D eigenvalue weighted by Gasteiger charge is 2.38. The van der Waals surface area contributed by atoms with E-state index in [0.29, 0.717) is 33.9 Å². The summed E-state index contributed by atoms with van der Waals surface area (Å²) >= 11 is 1.31. The van der Waals surface area contributed by atoms with Gasteiger partial charge in [-0.05, 0) is 44.1 Å². The Morgan fingerprint density at radius 3 is 2.45 bits per heavy atom. The molecule has 3 aromatic rings. The Balaban J connectivity index is 2.08. The maximum Gasteiger partial charge on any atom is 0.425 e. The summed E-state index contributed by atoms with van der Waals surface area (Å²) in [6.45, 7) is 0.954. The topological polar surface area (TPSA) is 77.5 Å². The van der Waals surface area contributed by atoms with Crippen LogP contribution in [0.4, 0.5) is 24.7 Å². The third-order valence-electron chi connectivity index (χ3n) is 4.32. The molecule has 0 aliphatic heterocycles. The van der Waals surface area contributed by atoms with Crippen LogP contribution in [-0.4, -0.2) is 43.5 Å². The van der Waals surface area contributed by atoms with Crippen LogP contribution >= 0.6 is 11.9 Å². The van der Waals surface area contributed by atoms with Gasteiger partial charge < -0.3 is 19.5 Å². The van der Waals surface area contributed by atoms with Gasteiger partial charge in [0.2, 0.25) is 0 Å². The van der Waals surface area contributed by atoms with Crippen molar-refractivity contribution >= 4 is 34.4 Å². The summed E-state index contributed by atoms with van der Waals surface area (Å²) in [6.07, 6.45) is -5.15. The molecule has 1 heterocycles. The predicted molar refractivity (Wildman–Crippen MR) is 113 cm³/mol. The first-order valence-electron chi connectivity index (χ1n) is 9.11. The smallest absolute Gasteiger partial charge is 0.425 e. The second-order valence-corrected chi connectivity index (χ2v) is 7.42. The lowest BCUT2D eigenvalue weighted by Gasteiger charge is -2.21. The van der Waals surface area contributed by atoms with Crippen LogP contribution < -0.4 is 24.2 Å². The minimum Gasteiger partial charge on any atom is -0.497 e. The average molecular weight is 454 g/mol.